The van der Waals surface area contributed by atoms with Crippen LogP contribution in [0.5, 0.6) is 0 Å². The van der Waals surface area contributed by atoms with Gasteiger partial charge in [0.25, 0.3) is 0 Å². The lowest BCUT2D eigenvalue weighted by Gasteiger charge is -2.28. The Kier molecular flexibility index (Phi) is 5.50. The third-order valence-electron chi connectivity index (χ3n) is 4.60. The molecule has 2 rings (SSSR count). The first kappa shape index (κ1) is 15.4. The molecule has 0 saturated heterocycles. The summed E-state index contributed by atoms with van der Waals surface area (Å²) in [5.41, 5.74) is 0.305. The fourth-order valence-corrected chi connectivity index (χ4v) is 3.34. The number of aryl methyl sites for hydroxylation is 1. The molecule has 0 bridgehead atoms. The van der Waals surface area contributed by atoms with Gasteiger partial charge in [0, 0.05) is 0 Å². The number of benzene rings is 1. The predicted molar refractivity (Wildman–Crippen MR) is 75.0 cm³/mol. The average Bonchev–Trinajstić information content (AvgIpc) is 2.46. The molecule has 1 aromatic carbocycles. The largest absolute Gasteiger partial charge is 0.204 e. The topological polar surface area (TPSA) is 0 Å². The van der Waals surface area contributed by atoms with E-state index in [0.717, 1.165) is 18.4 Å². The van der Waals surface area contributed by atoms with Crippen molar-refractivity contribution >= 4 is 0 Å². The van der Waals surface area contributed by atoms with Gasteiger partial charge in [-0.15, -0.1) is 0 Å². The zero-order valence-corrected chi connectivity index (χ0v) is 12.1. The minimum atomic E-state index is -1.34. The van der Waals surface area contributed by atoms with Crippen molar-refractivity contribution < 1.29 is 13.2 Å². The van der Waals surface area contributed by atoms with Crippen molar-refractivity contribution in [2.45, 2.75) is 58.3 Å². The maximum Gasteiger partial charge on any atom is 0.194 e. The van der Waals surface area contributed by atoms with E-state index in [9.17, 15) is 13.2 Å². The number of rotatable bonds is 5. The second-order valence-electron chi connectivity index (χ2n) is 6.05. The third kappa shape index (κ3) is 3.77. The van der Waals surface area contributed by atoms with E-state index in [1.54, 1.807) is 0 Å². The van der Waals surface area contributed by atoms with Gasteiger partial charge in [-0.3, -0.25) is 0 Å². The Hall–Kier alpha value is -0.990. The lowest BCUT2D eigenvalue weighted by atomic mass is 9.78. The van der Waals surface area contributed by atoms with Gasteiger partial charge in [-0.1, -0.05) is 51.5 Å². The minimum absolute atomic E-state index is 0.305. The summed E-state index contributed by atoms with van der Waals surface area (Å²) in [6.07, 6.45) is 8.84. The van der Waals surface area contributed by atoms with Gasteiger partial charge in [0.2, 0.25) is 0 Å². The molecule has 0 atom stereocenters. The molecule has 3 heteroatoms. The van der Waals surface area contributed by atoms with Gasteiger partial charge in [0.15, 0.2) is 17.5 Å². The Morgan fingerprint density at radius 1 is 0.900 bits per heavy atom. The van der Waals surface area contributed by atoms with Crippen LogP contribution >= 0.6 is 0 Å². The van der Waals surface area contributed by atoms with Gasteiger partial charge in [-0.2, -0.15) is 0 Å². The summed E-state index contributed by atoms with van der Waals surface area (Å²) in [6.45, 7) is 2.22. The van der Waals surface area contributed by atoms with Crippen LogP contribution in [0.2, 0.25) is 0 Å². The van der Waals surface area contributed by atoms with Crippen molar-refractivity contribution in [1.29, 1.82) is 0 Å². The van der Waals surface area contributed by atoms with E-state index in [0.29, 0.717) is 17.9 Å². The molecule has 1 fully saturated rings. The van der Waals surface area contributed by atoms with Crippen LogP contribution in [0.25, 0.3) is 0 Å². The van der Waals surface area contributed by atoms with E-state index in [4.69, 9.17) is 0 Å². The first-order chi connectivity index (χ1) is 9.61. The Morgan fingerprint density at radius 2 is 1.50 bits per heavy atom. The van der Waals surface area contributed by atoms with Crippen molar-refractivity contribution in [2.75, 3.05) is 0 Å². The van der Waals surface area contributed by atoms with Gasteiger partial charge in [-0.25, -0.2) is 13.2 Å². The van der Waals surface area contributed by atoms with Gasteiger partial charge >= 0.3 is 0 Å². The Labute approximate surface area is 119 Å². The molecule has 0 aliphatic heterocycles. The van der Waals surface area contributed by atoms with E-state index in [1.807, 2.05) is 0 Å². The highest BCUT2D eigenvalue weighted by Crippen LogP contribution is 2.34. The van der Waals surface area contributed by atoms with Crippen molar-refractivity contribution in [2.24, 2.45) is 11.8 Å². The van der Waals surface area contributed by atoms with Crippen LogP contribution in [0.15, 0.2) is 12.1 Å². The fraction of sp³-hybridized carbons (Fsp3) is 0.647. The monoisotopic (exact) mass is 284 g/mol. The fourth-order valence-electron chi connectivity index (χ4n) is 3.34. The van der Waals surface area contributed by atoms with E-state index in [1.165, 1.54) is 44.6 Å². The highest BCUT2D eigenvalue weighted by atomic mass is 19.2. The van der Waals surface area contributed by atoms with Crippen LogP contribution in [-0.4, -0.2) is 0 Å². The van der Waals surface area contributed by atoms with Crippen LogP contribution in [0, 0.1) is 29.3 Å². The minimum Gasteiger partial charge on any atom is -0.204 e. The van der Waals surface area contributed by atoms with Crippen LogP contribution < -0.4 is 0 Å². The lowest BCUT2D eigenvalue weighted by molar-refractivity contribution is 0.251. The second-order valence-corrected chi connectivity index (χ2v) is 6.05. The predicted octanol–water partition coefficient (Wildman–Crippen LogP) is 5.64. The summed E-state index contributed by atoms with van der Waals surface area (Å²) >= 11 is 0. The summed E-state index contributed by atoms with van der Waals surface area (Å²) in [6, 6.07) is 2.39. The first-order valence-corrected chi connectivity index (χ1v) is 7.74. The molecule has 0 amide bonds. The smallest absolute Gasteiger partial charge is 0.194 e. The summed E-state index contributed by atoms with van der Waals surface area (Å²) in [5, 5.41) is 0. The van der Waals surface area contributed by atoms with Crippen molar-refractivity contribution in [1.82, 2.24) is 0 Å². The van der Waals surface area contributed by atoms with Crippen LogP contribution in [0.1, 0.15) is 57.4 Å². The second kappa shape index (κ2) is 7.14. The molecular formula is C17H23F3. The number of hydrogen-bond donors (Lipinski definition) is 0. The Balaban J connectivity index is 1.83. The molecule has 20 heavy (non-hydrogen) atoms. The highest BCUT2D eigenvalue weighted by molar-refractivity contribution is 5.20. The quantitative estimate of drug-likeness (QED) is 0.613. The van der Waals surface area contributed by atoms with Gasteiger partial charge in [0.1, 0.15) is 0 Å². The molecule has 1 aliphatic carbocycles. The molecule has 0 unspecified atom stereocenters. The van der Waals surface area contributed by atoms with Gasteiger partial charge < -0.3 is 0 Å². The summed E-state index contributed by atoms with van der Waals surface area (Å²) in [7, 11) is 0. The van der Waals surface area contributed by atoms with E-state index >= 15 is 0 Å². The summed E-state index contributed by atoms with van der Waals surface area (Å²) < 4.78 is 39.6. The van der Waals surface area contributed by atoms with Gasteiger partial charge in [0.05, 0.1) is 0 Å². The third-order valence-corrected chi connectivity index (χ3v) is 4.60. The molecule has 0 N–H and O–H groups in total. The van der Waals surface area contributed by atoms with Gasteiger partial charge in [-0.05, 0) is 36.3 Å². The first-order valence-electron chi connectivity index (χ1n) is 7.74. The lowest BCUT2D eigenvalue weighted by Crippen LogP contribution is -2.15. The van der Waals surface area contributed by atoms with Crippen LogP contribution in [0.3, 0.4) is 0 Å². The number of halogens is 3. The maximum atomic E-state index is 13.6. The molecule has 1 aromatic rings. The van der Waals surface area contributed by atoms with Crippen LogP contribution in [0.4, 0.5) is 13.2 Å². The molecule has 1 saturated carbocycles. The molecular weight excluding hydrogens is 261 g/mol. The molecule has 112 valence electrons. The summed E-state index contributed by atoms with van der Waals surface area (Å²) in [4.78, 5) is 0. The van der Waals surface area contributed by atoms with E-state index < -0.39 is 17.5 Å². The highest BCUT2D eigenvalue weighted by Gasteiger charge is 2.21. The normalized spacial score (nSPS) is 23.0. The molecule has 0 spiro atoms. The molecule has 0 nitrogen and oxygen atoms in total. The zero-order chi connectivity index (χ0) is 14.5. The van der Waals surface area contributed by atoms with Crippen molar-refractivity contribution in [3.63, 3.8) is 0 Å². The molecule has 1 aliphatic rings. The number of hydrogen-bond acceptors (Lipinski definition) is 0. The van der Waals surface area contributed by atoms with E-state index in [-0.39, 0.29) is 0 Å². The standard InChI is InChI=1S/C17H23F3/c1-2-3-12-4-6-13(7-5-12)8-9-14-10-11-15(18)17(20)16(14)19/h10-13H,2-9H2,1H3. The van der Waals surface area contributed by atoms with E-state index in [2.05, 4.69) is 6.92 Å². The average molecular weight is 284 g/mol. The SMILES string of the molecule is CCCC1CCC(CCc2ccc(F)c(F)c2F)CC1. The Bertz CT molecular complexity index is 434. The van der Waals surface area contributed by atoms with Crippen molar-refractivity contribution in [3.05, 3.63) is 35.1 Å². The molecule has 0 heterocycles. The zero-order valence-electron chi connectivity index (χ0n) is 12.1. The molecule has 0 radical (unpaired) electrons. The van der Waals surface area contributed by atoms with Crippen LogP contribution in [-0.2, 0) is 6.42 Å². The maximum absolute atomic E-state index is 13.6. The molecule has 0 aromatic heterocycles. The summed E-state index contributed by atoms with van der Waals surface area (Å²) in [5.74, 6) is -1.99. The van der Waals surface area contributed by atoms with Crippen molar-refractivity contribution in [3.8, 4) is 0 Å². The Morgan fingerprint density at radius 3 is 2.10 bits per heavy atom.